The van der Waals surface area contributed by atoms with Gasteiger partial charge in [0.15, 0.2) is 0 Å². The van der Waals surface area contributed by atoms with Crippen LogP contribution in [0, 0.1) is 10.1 Å². The number of nitro groups is 1. The van der Waals surface area contributed by atoms with E-state index in [9.17, 15) is 18.5 Å². The second-order valence-electron chi connectivity index (χ2n) is 8.03. The van der Waals surface area contributed by atoms with Crippen molar-refractivity contribution in [3.8, 4) is 0 Å². The lowest BCUT2D eigenvalue weighted by Gasteiger charge is -2.41. The number of non-ortho nitro benzene ring substituents is 1. The predicted molar refractivity (Wildman–Crippen MR) is 111 cm³/mol. The van der Waals surface area contributed by atoms with Gasteiger partial charge in [-0.15, -0.1) is 6.58 Å². The molecule has 27 heavy (non-hydrogen) atoms. The summed E-state index contributed by atoms with van der Waals surface area (Å²) < 4.78 is 28.1. The first-order chi connectivity index (χ1) is 12.5. The molecule has 1 aliphatic rings. The van der Waals surface area contributed by atoms with E-state index in [0.717, 1.165) is 6.42 Å². The summed E-state index contributed by atoms with van der Waals surface area (Å²) in [4.78, 5) is 10.4. The monoisotopic (exact) mass is 408 g/mol. The fraction of sp³-hybridized carbons (Fsp3) is 0.474. The zero-order valence-electron chi connectivity index (χ0n) is 16.4. The van der Waals surface area contributed by atoms with Crippen LogP contribution in [0.5, 0.6) is 0 Å². The lowest BCUT2D eigenvalue weighted by molar-refractivity contribution is -0.384. The average Bonchev–Trinajstić information content (AvgIpc) is 2.59. The fourth-order valence-electron chi connectivity index (χ4n) is 3.58. The first-order valence-electron chi connectivity index (χ1n) is 9.10. The molecule has 1 fully saturated rings. The molecule has 0 aliphatic carbocycles. The Morgan fingerprint density at radius 1 is 1.26 bits per heavy atom. The van der Waals surface area contributed by atoms with E-state index in [-0.39, 0.29) is 22.7 Å². The van der Waals surface area contributed by atoms with Crippen LogP contribution < -0.4 is 0 Å². The van der Waals surface area contributed by atoms with Gasteiger partial charge < -0.3 is 0 Å². The van der Waals surface area contributed by atoms with Crippen LogP contribution in [0.4, 0.5) is 5.69 Å². The molecule has 2 rings (SSSR count). The largest absolute Gasteiger partial charge is 0.269 e. The van der Waals surface area contributed by atoms with E-state index in [0.29, 0.717) is 12.8 Å². The van der Waals surface area contributed by atoms with E-state index in [1.54, 1.807) is 10.4 Å². The lowest BCUT2D eigenvalue weighted by atomic mass is 9.93. The molecule has 148 valence electrons. The molecule has 1 heterocycles. The molecule has 1 aliphatic heterocycles. The van der Waals surface area contributed by atoms with E-state index in [1.807, 2.05) is 6.92 Å². The van der Waals surface area contributed by atoms with Gasteiger partial charge in [0.25, 0.3) is 5.69 Å². The molecule has 0 bridgehead atoms. The van der Waals surface area contributed by atoms with Crippen LogP contribution in [0.1, 0.15) is 26.2 Å². The summed E-state index contributed by atoms with van der Waals surface area (Å²) in [5.74, 6) is 0. The third kappa shape index (κ3) is 4.94. The molecule has 6 nitrogen and oxygen atoms in total. The summed E-state index contributed by atoms with van der Waals surface area (Å²) in [6.07, 6.45) is 3.76. The summed E-state index contributed by atoms with van der Waals surface area (Å²) in [7, 11) is -5.18. The van der Waals surface area contributed by atoms with Crippen molar-refractivity contribution in [1.29, 1.82) is 0 Å². The molecule has 0 N–H and O–H groups in total. The normalized spacial score (nSPS) is 23.3. The second-order valence-corrected chi connectivity index (χ2v) is 14.9. The van der Waals surface area contributed by atoms with E-state index in [1.165, 1.54) is 29.8 Å². The lowest BCUT2D eigenvalue weighted by Crippen LogP contribution is -2.49. The number of rotatable bonds is 6. The molecule has 0 aromatic heterocycles. The quantitative estimate of drug-likeness (QED) is 0.300. The number of hydrogen-bond acceptors (Lipinski definition) is 4. The van der Waals surface area contributed by atoms with Gasteiger partial charge in [0, 0.05) is 24.2 Å². The van der Waals surface area contributed by atoms with E-state index in [4.69, 9.17) is 0 Å². The summed E-state index contributed by atoms with van der Waals surface area (Å²) in [5, 5.41) is 10.8. The Labute approximate surface area is 162 Å². The van der Waals surface area contributed by atoms with Gasteiger partial charge in [0.05, 0.1) is 17.9 Å². The Kier molecular flexibility index (Phi) is 6.44. The van der Waals surface area contributed by atoms with Gasteiger partial charge in [-0.05, 0) is 31.4 Å². The highest BCUT2D eigenvalue weighted by Gasteiger charge is 2.39. The number of nitro benzene ring substituents is 1. The van der Waals surface area contributed by atoms with Crippen molar-refractivity contribution in [3.63, 3.8) is 0 Å². The zero-order valence-corrected chi connectivity index (χ0v) is 18.2. The van der Waals surface area contributed by atoms with Crippen molar-refractivity contribution >= 4 is 23.8 Å². The van der Waals surface area contributed by atoms with Gasteiger partial charge in [-0.2, -0.15) is 4.31 Å². The van der Waals surface area contributed by atoms with Crippen LogP contribution in [0.2, 0.25) is 19.6 Å². The van der Waals surface area contributed by atoms with Crippen LogP contribution in [0.25, 0.3) is 0 Å². The third-order valence-corrected chi connectivity index (χ3v) is 7.93. The molecular weight excluding hydrogens is 380 g/mol. The first-order valence-corrected chi connectivity index (χ1v) is 14.1. The average molecular weight is 409 g/mol. The Hall–Kier alpha value is -1.77. The number of hydrogen-bond donors (Lipinski definition) is 0. The molecular formula is C19H28N2O4SSi. The van der Waals surface area contributed by atoms with Gasteiger partial charge in [-0.3, -0.25) is 10.1 Å². The van der Waals surface area contributed by atoms with Crippen LogP contribution >= 0.6 is 0 Å². The third-order valence-electron chi connectivity index (χ3n) is 4.66. The topological polar surface area (TPSA) is 80.5 Å². The molecule has 0 unspecified atom stereocenters. The molecule has 0 radical (unpaired) electrons. The van der Waals surface area contributed by atoms with Crippen LogP contribution in [0.15, 0.2) is 53.1 Å². The Morgan fingerprint density at radius 3 is 2.30 bits per heavy atom. The van der Waals surface area contributed by atoms with Gasteiger partial charge in [0.2, 0.25) is 10.0 Å². The maximum Gasteiger partial charge on any atom is 0.269 e. The molecule has 0 spiro atoms. The maximum absolute atomic E-state index is 13.3. The molecule has 0 amide bonds. The number of benzene rings is 1. The van der Waals surface area contributed by atoms with E-state index in [2.05, 4.69) is 31.9 Å². The fourth-order valence-corrected chi connectivity index (χ4v) is 6.90. The maximum atomic E-state index is 13.3. The highest BCUT2D eigenvalue weighted by Crippen LogP contribution is 2.35. The van der Waals surface area contributed by atoms with E-state index < -0.39 is 23.0 Å². The first kappa shape index (κ1) is 21.5. The number of nitrogens with zero attached hydrogens (tertiary/aromatic N) is 2. The predicted octanol–water partition coefficient (Wildman–Crippen LogP) is 4.52. The standard InChI is InChI=1S/C19H28N2O4SSi/c1-6-16-12-15(14-27(3,4)5)13-17(7-2)20(16)26(24,25)19-10-8-18(9-11-19)21(22)23/h6,8-11,14,16-17H,1,7,12-13H2,2-5H3/b15-14-/t16-,17+/m0/s1. The van der Waals surface area contributed by atoms with Crippen LogP contribution in [0.3, 0.4) is 0 Å². The van der Waals surface area contributed by atoms with Crippen molar-refractivity contribution in [2.75, 3.05) is 0 Å². The smallest absolute Gasteiger partial charge is 0.258 e. The van der Waals surface area contributed by atoms with Gasteiger partial charge in [-0.25, -0.2) is 8.42 Å². The summed E-state index contributed by atoms with van der Waals surface area (Å²) in [6, 6.07) is 4.63. The van der Waals surface area contributed by atoms with Crippen LogP contribution in [-0.4, -0.2) is 37.8 Å². The van der Waals surface area contributed by atoms with Gasteiger partial charge in [0.1, 0.15) is 0 Å². The number of piperidine rings is 1. The molecule has 1 aromatic rings. The Balaban J connectivity index is 2.43. The second kappa shape index (κ2) is 8.08. The summed E-state index contributed by atoms with van der Waals surface area (Å²) >= 11 is 0. The van der Waals surface area contributed by atoms with E-state index >= 15 is 0 Å². The minimum absolute atomic E-state index is 0.0797. The Bertz CT molecular complexity index is 841. The van der Waals surface area contributed by atoms with Gasteiger partial charge in [-0.1, -0.05) is 43.9 Å². The SMILES string of the molecule is C=C[C@H]1C/C(=C/[Si](C)(C)C)C[C@@H](CC)N1S(=O)(=O)c1ccc([N+](=O)[O-])cc1. The minimum atomic E-state index is -3.77. The molecule has 2 atom stereocenters. The van der Waals surface area contributed by atoms with Crippen LogP contribution in [-0.2, 0) is 10.0 Å². The van der Waals surface area contributed by atoms with Crippen molar-refractivity contribution in [2.45, 2.75) is 62.8 Å². The zero-order chi connectivity index (χ0) is 20.4. The van der Waals surface area contributed by atoms with Crippen molar-refractivity contribution < 1.29 is 13.3 Å². The summed E-state index contributed by atoms with van der Waals surface area (Å²) in [5.41, 5.74) is 3.54. The Morgan fingerprint density at radius 2 is 1.85 bits per heavy atom. The minimum Gasteiger partial charge on any atom is -0.258 e. The summed E-state index contributed by atoms with van der Waals surface area (Å²) in [6.45, 7) is 12.7. The molecule has 1 aromatic carbocycles. The van der Waals surface area contributed by atoms with Crippen molar-refractivity contribution in [3.05, 3.63) is 58.3 Å². The molecule has 1 saturated heterocycles. The van der Waals surface area contributed by atoms with Crippen molar-refractivity contribution in [1.82, 2.24) is 4.31 Å². The highest BCUT2D eigenvalue weighted by molar-refractivity contribution is 7.89. The highest BCUT2D eigenvalue weighted by atomic mass is 32.2. The molecule has 0 saturated carbocycles. The number of sulfonamides is 1. The van der Waals surface area contributed by atoms with Gasteiger partial charge >= 0.3 is 0 Å². The van der Waals surface area contributed by atoms with Crippen molar-refractivity contribution in [2.24, 2.45) is 0 Å². The molecule has 8 heteroatoms.